The number of nitrogens with one attached hydrogen (secondary N) is 1. The summed E-state index contributed by atoms with van der Waals surface area (Å²) >= 11 is 4.67. The van der Waals surface area contributed by atoms with Crippen LogP contribution in [0.2, 0.25) is 0 Å². The molecular weight excluding hydrogens is 242 g/mol. The molecule has 0 unspecified atom stereocenters. The van der Waals surface area contributed by atoms with Crippen molar-refractivity contribution in [2.75, 3.05) is 0 Å². The lowest BCUT2D eigenvalue weighted by molar-refractivity contribution is 1.04. The van der Waals surface area contributed by atoms with E-state index in [1.54, 1.807) is 6.21 Å². The van der Waals surface area contributed by atoms with Crippen LogP contribution in [0.5, 0.6) is 0 Å². The van der Waals surface area contributed by atoms with E-state index >= 15 is 0 Å². The van der Waals surface area contributed by atoms with E-state index in [1.165, 1.54) is 5.56 Å². The zero-order valence-corrected chi connectivity index (χ0v) is 10.5. The minimum absolute atomic E-state index is 0.158. The van der Waals surface area contributed by atoms with Crippen molar-refractivity contribution in [3.8, 4) is 11.1 Å². The van der Waals surface area contributed by atoms with Gasteiger partial charge in [-0.15, -0.1) is 0 Å². The molecule has 3 nitrogen and oxygen atoms in total. The fourth-order valence-corrected chi connectivity index (χ4v) is 1.65. The Morgan fingerprint density at radius 1 is 1.06 bits per heavy atom. The van der Waals surface area contributed by atoms with Crippen LogP contribution >= 0.6 is 12.2 Å². The average Bonchev–Trinajstić information content (AvgIpc) is 2.40. The van der Waals surface area contributed by atoms with Gasteiger partial charge in [-0.1, -0.05) is 48.5 Å². The van der Waals surface area contributed by atoms with Crippen LogP contribution in [0.15, 0.2) is 59.7 Å². The minimum Gasteiger partial charge on any atom is -0.375 e. The van der Waals surface area contributed by atoms with Crippen molar-refractivity contribution >= 4 is 23.5 Å². The largest absolute Gasteiger partial charge is 0.375 e. The second-order valence-corrected chi connectivity index (χ2v) is 4.17. The second kappa shape index (κ2) is 5.93. The molecule has 0 aliphatic carbocycles. The van der Waals surface area contributed by atoms with Crippen molar-refractivity contribution in [1.82, 2.24) is 5.43 Å². The topological polar surface area (TPSA) is 50.4 Å². The lowest BCUT2D eigenvalue weighted by Gasteiger charge is -2.02. The highest BCUT2D eigenvalue weighted by Gasteiger charge is 1.96. The van der Waals surface area contributed by atoms with E-state index in [2.05, 4.69) is 47.0 Å². The molecule has 0 heterocycles. The minimum atomic E-state index is 0.158. The Hall–Kier alpha value is -2.20. The van der Waals surface area contributed by atoms with Gasteiger partial charge in [-0.25, -0.2) is 0 Å². The second-order valence-electron chi connectivity index (χ2n) is 3.73. The van der Waals surface area contributed by atoms with E-state index in [0.29, 0.717) is 0 Å². The lowest BCUT2D eigenvalue weighted by Crippen LogP contribution is -2.23. The van der Waals surface area contributed by atoms with Gasteiger partial charge in [-0.05, 0) is 35.0 Å². The van der Waals surface area contributed by atoms with Gasteiger partial charge in [-0.3, -0.25) is 5.43 Å². The van der Waals surface area contributed by atoms with E-state index in [4.69, 9.17) is 5.73 Å². The number of thiocarbonyl (C=S) groups is 1. The first-order chi connectivity index (χ1) is 8.75. The summed E-state index contributed by atoms with van der Waals surface area (Å²) in [5, 5.41) is 4.09. The van der Waals surface area contributed by atoms with Gasteiger partial charge < -0.3 is 5.73 Å². The zero-order chi connectivity index (χ0) is 12.8. The molecular formula is C14H13N3S. The average molecular weight is 255 g/mol. The summed E-state index contributed by atoms with van der Waals surface area (Å²) < 4.78 is 0. The quantitative estimate of drug-likeness (QED) is 0.503. The molecule has 3 N–H and O–H groups in total. The summed E-state index contributed by atoms with van der Waals surface area (Å²) in [5.41, 5.74) is 11.1. The van der Waals surface area contributed by atoms with E-state index in [0.717, 1.165) is 11.1 Å². The number of nitrogens with zero attached hydrogens (tertiary/aromatic N) is 1. The molecule has 18 heavy (non-hydrogen) atoms. The monoisotopic (exact) mass is 255 g/mol. The van der Waals surface area contributed by atoms with Gasteiger partial charge in [-0.2, -0.15) is 5.10 Å². The molecule has 0 atom stereocenters. The molecule has 0 saturated carbocycles. The van der Waals surface area contributed by atoms with Gasteiger partial charge in [0.15, 0.2) is 5.11 Å². The first-order valence-electron chi connectivity index (χ1n) is 5.50. The SMILES string of the molecule is NC(=S)N/N=C/c1cccc(-c2ccccc2)c1. The van der Waals surface area contributed by atoms with Crippen molar-refractivity contribution in [3.05, 3.63) is 60.2 Å². The third-order valence-electron chi connectivity index (χ3n) is 2.38. The highest BCUT2D eigenvalue weighted by Crippen LogP contribution is 2.19. The standard InChI is InChI=1S/C14H13N3S/c15-14(18)17-16-10-11-5-4-8-13(9-11)12-6-2-1-3-7-12/h1-10H,(H3,15,17,18)/b16-10+. The number of rotatable bonds is 3. The van der Waals surface area contributed by atoms with Gasteiger partial charge in [0.25, 0.3) is 0 Å². The first-order valence-corrected chi connectivity index (χ1v) is 5.90. The number of hydrogen-bond acceptors (Lipinski definition) is 2. The van der Waals surface area contributed by atoms with Crippen LogP contribution in [0.3, 0.4) is 0 Å². The number of benzene rings is 2. The smallest absolute Gasteiger partial charge is 0.184 e. The highest BCUT2D eigenvalue weighted by atomic mass is 32.1. The molecule has 0 aliphatic rings. The molecule has 2 aromatic carbocycles. The molecule has 0 fully saturated rings. The Kier molecular flexibility index (Phi) is 4.04. The van der Waals surface area contributed by atoms with Gasteiger partial charge >= 0.3 is 0 Å². The van der Waals surface area contributed by atoms with E-state index in [9.17, 15) is 0 Å². The molecule has 0 spiro atoms. The summed E-state index contributed by atoms with van der Waals surface area (Å²) in [6, 6.07) is 18.3. The van der Waals surface area contributed by atoms with Crippen LogP contribution in [0.25, 0.3) is 11.1 Å². The van der Waals surface area contributed by atoms with Crippen LogP contribution in [0.1, 0.15) is 5.56 Å². The molecule has 0 saturated heterocycles. The molecule has 0 bridgehead atoms. The first kappa shape index (κ1) is 12.3. The molecule has 0 aliphatic heterocycles. The Labute approximate surface area is 111 Å². The van der Waals surface area contributed by atoms with E-state index in [-0.39, 0.29) is 5.11 Å². The van der Waals surface area contributed by atoms with Crippen molar-refractivity contribution in [1.29, 1.82) is 0 Å². The normalized spacial score (nSPS) is 10.4. The fourth-order valence-electron chi connectivity index (χ4n) is 1.60. The van der Waals surface area contributed by atoms with Crippen molar-refractivity contribution in [2.24, 2.45) is 10.8 Å². The van der Waals surface area contributed by atoms with Crippen molar-refractivity contribution < 1.29 is 0 Å². The van der Waals surface area contributed by atoms with Gasteiger partial charge in [0.05, 0.1) is 6.21 Å². The third kappa shape index (κ3) is 3.40. The molecule has 0 radical (unpaired) electrons. The summed E-state index contributed by atoms with van der Waals surface area (Å²) in [6.45, 7) is 0. The Balaban J connectivity index is 2.20. The summed E-state index contributed by atoms with van der Waals surface area (Å²) in [4.78, 5) is 0. The van der Waals surface area contributed by atoms with Crippen LogP contribution in [0.4, 0.5) is 0 Å². The summed E-state index contributed by atoms with van der Waals surface area (Å²) in [7, 11) is 0. The Morgan fingerprint density at radius 3 is 2.50 bits per heavy atom. The number of nitrogens with two attached hydrogens (primary N) is 1. The Morgan fingerprint density at radius 2 is 1.78 bits per heavy atom. The third-order valence-corrected chi connectivity index (χ3v) is 2.47. The molecule has 2 rings (SSSR count). The molecule has 90 valence electrons. The zero-order valence-electron chi connectivity index (χ0n) is 9.71. The van der Waals surface area contributed by atoms with Crippen LogP contribution in [0, 0.1) is 0 Å². The van der Waals surface area contributed by atoms with Gasteiger partial charge in [0.2, 0.25) is 0 Å². The maximum atomic E-state index is 5.28. The van der Waals surface area contributed by atoms with Gasteiger partial charge in [0, 0.05) is 0 Å². The highest BCUT2D eigenvalue weighted by molar-refractivity contribution is 7.80. The fraction of sp³-hybridized carbons (Fsp3) is 0. The summed E-state index contributed by atoms with van der Waals surface area (Å²) in [6.07, 6.45) is 1.69. The lowest BCUT2D eigenvalue weighted by atomic mass is 10.0. The van der Waals surface area contributed by atoms with Crippen LogP contribution in [-0.4, -0.2) is 11.3 Å². The van der Waals surface area contributed by atoms with Crippen molar-refractivity contribution in [3.63, 3.8) is 0 Å². The molecule has 0 amide bonds. The van der Waals surface area contributed by atoms with Gasteiger partial charge in [0.1, 0.15) is 0 Å². The molecule has 2 aromatic rings. The maximum absolute atomic E-state index is 5.28. The number of hydrogen-bond donors (Lipinski definition) is 2. The number of hydrazone groups is 1. The molecule has 0 aromatic heterocycles. The van der Waals surface area contributed by atoms with E-state index in [1.807, 2.05) is 30.3 Å². The predicted octanol–water partition coefficient (Wildman–Crippen LogP) is 2.52. The van der Waals surface area contributed by atoms with Crippen molar-refractivity contribution in [2.45, 2.75) is 0 Å². The van der Waals surface area contributed by atoms with Crippen LogP contribution in [-0.2, 0) is 0 Å². The summed E-state index contributed by atoms with van der Waals surface area (Å²) in [5.74, 6) is 0. The predicted molar refractivity (Wildman–Crippen MR) is 79.4 cm³/mol. The molecule has 4 heteroatoms. The Bertz CT molecular complexity index is 564. The van der Waals surface area contributed by atoms with Crippen LogP contribution < -0.4 is 11.2 Å². The maximum Gasteiger partial charge on any atom is 0.184 e. The van der Waals surface area contributed by atoms with E-state index < -0.39 is 0 Å².